The molecule has 1 heterocycles. The number of likely N-dealkylation sites (N-methyl/N-ethyl adjacent to an activating group) is 1. The van der Waals surface area contributed by atoms with Gasteiger partial charge < -0.3 is 14.5 Å². The summed E-state index contributed by atoms with van der Waals surface area (Å²) in [4.78, 5) is 39.9. The van der Waals surface area contributed by atoms with Crippen LogP contribution >= 0.6 is 0 Å². The number of likely N-dealkylation sites (tertiary alicyclic amines) is 1. The minimum atomic E-state index is -0.579. The Kier molecular flexibility index (Phi) is 19.4. The Morgan fingerprint density at radius 1 is 0.769 bits per heavy atom. The first kappa shape index (κ1) is 33.6. The molecule has 0 bridgehead atoms. The molecule has 2 amide bonds. The van der Waals surface area contributed by atoms with Gasteiger partial charge in [-0.05, 0) is 64.2 Å². The topological polar surface area (TPSA) is 66.9 Å². The van der Waals surface area contributed by atoms with Crippen LogP contribution in [0.25, 0.3) is 0 Å². The summed E-state index contributed by atoms with van der Waals surface area (Å²) in [5.74, 6) is -0.845. The van der Waals surface area contributed by atoms with Gasteiger partial charge in [-0.25, -0.2) is 4.79 Å². The van der Waals surface area contributed by atoms with Gasteiger partial charge in [-0.15, -0.1) is 0 Å². The molecule has 0 N–H and O–H groups in total. The van der Waals surface area contributed by atoms with Crippen LogP contribution < -0.4 is 0 Å². The molecule has 1 saturated heterocycles. The first-order chi connectivity index (χ1) is 19.0. The van der Waals surface area contributed by atoms with Crippen LogP contribution in [0.3, 0.4) is 0 Å². The molecule has 0 aromatic rings. The second-order valence-electron chi connectivity index (χ2n) is 9.32. The second-order valence-corrected chi connectivity index (χ2v) is 9.32. The van der Waals surface area contributed by atoms with Gasteiger partial charge in [0.1, 0.15) is 6.17 Å². The molecule has 1 aliphatic rings. The van der Waals surface area contributed by atoms with E-state index in [0.29, 0.717) is 19.4 Å². The molecule has 0 saturated carbocycles. The van der Waals surface area contributed by atoms with E-state index in [9.17, 15) is 14.4 Å². The molecule has 0 spiro atoms. The quantitative estimate of drug-likeness (QED) is 0.114. The number of methoxy groups -OCH3 is 1. The van der Waals surface area contributed by atoms with E-state index in [1.165, 1.54) is 18.1 Å². The zero-order chi connectivity index (χ0) is 28.6. The molecule has 1 fully saturated rings. The van der Waals surface area contributed by atoms with Crippen LogP contribution in [0.4, 0.5) is 0 Å². The van der Waals surface area contributed by atoms with Gasteiger partial charge in [0.25, 0.3) is 0 Å². The van der Waals surface area contributed by atoms with Crippen molar-refractivity contribution < 1.29 is 19.1 Å². The van der Waals surface area contributed by atoms with E-state index in [1.807, 2.05) is 6.08 Å². The van der Waals surface area contributed by atoms with Gasteiger partial charge in [-0.2, -0.15) is 0 Å². The number of allylic oxidation sites excluding steroid dienone is 12. The zero-order valence-corrected chi connectivity index (χ0v) is 24.2. The van der Waals surface area contributed by atoms with Gasteiger partial charge in [0.2, 0.25) is 11.8 Å². The number of piperidine rings is 1. The lowest BCUT2D eigenvalue weighted by Gasteiger charge is -2.40. The van der Waals surface area contributed by atoms with Crippen LogP contribution in [0.1, 0.15) is 77.6 Å². The molecule has 1 aliphatic heterocycles. The summed E-state index contributed by atoms with van der Waals surface area (Å²) >= 11 is 0. The molecule has 1 unspecified atom stereocenters. The first-order valence-electron chi connectivity index (χ1n) is 14.2. The average molecular weight is 537 g/mol. The third-order valence-electron chi connectivity index (χ3n) is 6.27. The molecule has 6 nitrogen and oxygen atoms in total. The fourth-order valence-corrected chi connectivity index (χ4v) is 4.07. The van der Waals surface area contributed by atoms with Crippen molar-refractivity contribution >= 4 is 17.8 Å². The number of ether oxygens (including phenoxy) is 1. The predicted octanol–water partition coefficient (Wildman–Crippen LogP) is 6.99. The average Bonchev–Trinajstić information content (AvgIpc) is 2.96. The van der Waals surface area contributed by atoms with Gasteiger partial charge in [0.05, 0.1) is 7.11 Å². The number of carbonyl (C=O) groups is 3. The minimum Gasteiger partial charge on any atom is -0.466 e. The van der Waals surface area contributed by atoms with Crippen LogP contribution in [-0.4, -0.2) is 54.5 Å². The van der Waals surface area contributed by atoms with E-state index in [2.05, 4.69) is 78.5 Å². The molecule has 6 heteroatoms. The lowest BCUT2D eigenvalue weighted by Crippen LogP contribution is -2.53. The van der Waals surface area contributed by atoms with Crippen molar-refractivity contribution in [3.05, 3.63) is 85.1 Å². The Morgan fingerprint density at radius 3 is 1.79 bits per heavy atom. The van der Waals surface area contributed by atoms with Crippen molar-refractivity contribution in [2.45, 2.75) is 83.7 Å². The van der Waals surface area contributed by atoms with Crippen LogP contribution in [0.2, 0.25) is 0 Å². The SMILES string of the molecule is CCC=CCC=CCC=CCC=CCC=CCC=CCCC(=O)N1CCCCC1N(C)C(=O)C=CC(=O)OC. The highest BCUT2D eigenvalue weighted by Gasteiger charge is 2.30. The number of carbonyl (C=O) groups excluding carboxylic acids is 3. The normalized spacial score (nSPS) is 16.8. The largest absolute Gasteiger partial charge is 0.466 e. The Bertz CT molecular complexity index is 924. The molecule has 39 heavy (non-hydrogen) atoms. The first-order valence-corrected chi connectivity index (χ1v) is 14.2. The predicted molar refractivity (Wildman–Crippen MR) is 161 cm³/mol. The van der Waals surface area contributed by atoms with Crippen molar-refractivity contribution in [1.82, 2.24) is 9.80 Å². The lowest BCUT2D eigenvalue weighted by atomic mass is 10.1. The molecule has 1 rings (SSSR count). The third-order valence-corrected chi connectivity index (χ3v) is 6.27. The van der Waals surface area contributed by atoms with Crippen LogP contribution in [0.5, 0.6) is 0 Å². The summed E-state index contributed by atoms with van der Waals surface area (Å²) in [7, 11) is 2.94. The van der Waals surface area contributed by atoms with Crippen LogP contribution in [0.15, 0.2) is 85.1 Å². The molecule has 0 radical (unpaired) electrons. The smallest absolute Gasteiger partial charge is 0.330 e. The summed E-state index contributed by atoms with van der Waals surface area (Å²) in [6.45, 7) is 2.79. The maximum Gasteiger partial charge on any atom is 0.330 e. The monoisotopic (exact) mass is 536 g/mol. The lowest BCUT2D eigenvalue weighted by molar-refractivity contribution is -0.145. The van der Waals surface area contributed by atoms with Crippen molar-refractivity contribution in [2.24, 2.45) is 0 Å². The van der Waals surface area contributed by atoms with Gasteiger partial charge >= 0.3 is 5.97 Å². The van der Waals surface area contributed by atoms with Gasteiger partial charge in [0, 0.05) is 32.2 Å². The number of hydrogen-bond donors (Lipinski definition) is 0. The number of esters is 1. The highest BCUT2D eigenvalue weighted by atomic mass is 16.5. The summed E-state index contributed by atoms with van der Waals surface area (Å²) in [6.07, 6.45) is 37.5. The molecule has 1 atom stereocenters. The summed E-state index contributed by atoms with van der Waals surface area (Å²) in [6, 6.07) is 0. The summed E-state index contributed by atoms with van der Waals surface area (Å²) < 4.78 is 4.53. The summed E-state index contributed by atoms with van der Waals surface area (Å²) in [5.41, 5.74) is 0. The molecule has 0 aliphatic carbocycles. The van der Waals surface area contributed by atoms with Gasteiger partial charge in [-0.1, -0.05) is 79.8 Å². The third kappa shape index (κ3) is 16.2. The highest BCUT2D eigenvalue weighted by molar-refractivity contribution is 5.94. The maximum absolute atomic E-state index is 12.9. The van der Waals surface area contributed by atoms with E-state index < -0.39 is 5.97 Å². The maximum atomic E-state index is 12.9. The fourth-order valence-electron chi connectivity index (χ4n) is 4.07. The highest BCUT2D eigenvalue weighted by Crippen LogP contribution is 2.21. The van der Waals surface area contributed by atoms with E-state index in [0.717, 1.165) is 63.9 Å². The van der Waals surface area contributed by atoms with E-state index >= 15 is 0 Å². The summed E-state index contributed by atoms with van der Waals surface area (Å²) in [5, 5.41) is 0. The van der Waals surface area contributed by atoms with E-state index in [1.54, 1.807) is 11.9 Å². The van der Waals surface area contributed by atoms with E-state index in [4.69, 9.17) is 0 Å². The van der Waals surface area contributed by atoms with Gasteiger partial charge in [0.15, 0.2) is 0 Å². The number of amides is 2. The van der Waals surface area contributed by atoms with Crippen molar-refractivity contribution in [3.8, 4) is 0 Å². The Hall–Kier alpha value is -3.41. The molecular weight excluding hydrogens is 488 g/mol. The zero-order valence-electron chi connectivity index (χ0n) is 24.2. The van der Waals surface area contributed by atoms with Gasteiger partial charge in [-0.3, -0.25) is 9.59 Å². The molecular formula is C33H48N2O4. The second kappa shape index (κ2) is 22.6. The Morgan fingerprint density at radius 2 is 1.28 bits per heavy atom. The minimum absolute atomic E-state index is 0.0517. The van der Waals surface area contributed by atoms with Crippen molar-refractivity contribution in [1.29, 1.82) is 0 Å². The molecule has 0 aromatic carbocycles. The van der Waals surface area contributed by atoms with Crippen molar-refractivity contribution in [3.63, 3.8) is 0 Å². The van der Waals surface area contributed by atoms with Crippen LogP contribution in [-0.2, 0) is 19.1 Å². The van der Waals surface area contributed by atoms with Crippen molar-refractivity contribution in [2.75, 3.05) is 20.7 Å². The fraction of sp³-hybridized carbons (Fsp3) is 0.485. The van der Waals surface area contributed by atoms with E-state index in [-0.39, 0.29) is 18.0 Å². The standard InChI is InChI=1S/C33H48N2O4/c1-4-5-6-7-8-9-10-11-12-13-14-15-16-17-18-19-20-21-22-26-32(37)35-29-24-23-25-30(35)34(2)31(36)27-28-33(38)39-3/h5-6,8-9,11-12,14-15,17-18,20-21,27-28,30H,4,7,10,13,16,19,22-26,29H2,1-3H3. The van der Waals surface area contributed by atoms with Crippen LogP contribution in [0, 0.1) is 0 Å². The number of rotatable bonds is 17. The molecule has 214 valence electrons. The Balaban J connectivity index is 2.26. The number of hydrogen-bond acceptors (Lipinski definition) is 4. The Labute approximate surface area is 236 Å². The number of nitrogens with zero attached hydrogens (tertiary/aromatic N) is 2. The molecule has 0 aromatic heterocycles.